The van der Waals surface area contributed by atoms with E-state index in [2.05, 4.69) is 62.4 Å². The van der Waals surface area contributed by atoms with Gasteiger partial charge in [-0.15, -0.1) is 0 Å². The van der Waals surface area contributed by atoms with Gasteiger partial charge >= 0.3 is 0 Å². The fourth-order valence-corrected chi connectivity index (χ4v) is 4.39. The molecule has 0 aromatic heterocycles. The van der Waals surface area contributed by atoms with Crippen LogP contribution in [0.2, 0.25) is 0 Å². The molecule has 0 aliphatic rings. The van der Waals surface area contributed by atoms with Crippen molar-refractivity contribution in [3.63, 3.8) is 0 Å². The van der Waals surface area contributed by atoms with E-state index in [-0.39, 0.29) is 0 Å². The molecule has 0 nitrogen and oxygen atoms in total. The van der Waals surface area contributed by atoms with Gasteiger partial charge in [-0.05, 0) is 70.5 Å². The minimum Gasteiger partial charge on any atom is -0.0654 e. The zero-order valence-corrected chi connectivity index (χ0v) is 18.1. The van der Waals surface area contributed by atoms with Gasteiger partial charge in [0.1, 0.15) is 0 Å². The third-order valence-electron chi connectivity index (χ3n) is 6.12. The highest BCUT2D eigenvalue weighted by Crippen LogP contribution is 2.28. The van der Waals surface area contributed by atoms with Gasteiger partial charge in [-0.2, -0.15) is 0 Å². The van der Waals surface area contributed by atoms with Crippen molar-refractivity contribution in [1.29, 1.82) is 0 Å². The lowest BCUT2D eigenvalue weighted by Crippen LogP contribution is -1.97. The second kappa shape index (κ2) is 11.2. The maximum Gasteiger partial charge on any atom is -0.0175 e. The first-order valence-corrected chi connectivity index (χ1v) is 11.8. The van der Waals surface area contributed by atoms with Gasteiger partial charge in [0.15, 0.2) is 0 Å². The van der Waals surface area contributed by atoms with Crippen LogP contribution in [-0.4, -0.2) is 0 Å². The Balaban J connectivity index is 1.80. The summed E-state index contributed by atoms with van der Waals surface area (Å²) in [5, 5.41) is 5.54. The summed E-state index contributed by atoms with van der Waals surface area (Å²) in [6.45, 7) is 4.59. The molecule has 0 heterocycles. The standard InChI is InChI=1S/C28H38/c1-3-5-7-9-11-15-23-19-27-21-25-17-13-14-18-26(25)22-28(27)20-24(23)16-12-10-8-6-4-2/h13-14,17-22H,3-12,15-16H2,1-2H3. The lowest BCUT2D eigenvalue weighted by Gasteiger charge is -2.13. The van der Waals surface area contributed by atoms with Crippen LogP contribution in [0.4, 0.5) is 0 Å². The second-order valence-corrected chi connectivity index (χ2v) is 8.50. The summed E-state index contributed by atoms with van der Waals surface area (Å²) in [6, 6.07) is 18.5. The minimum absolute atomic E-state index is 1.25. The van der Waals surface area contributed by atoms with Gasteiger partial charge in [-0.1, -0.05) is 102 Å². The topological polar surface area (TPSA) is 0 Å². The first-order chi connectivity index (χ1) is 13.8. The molecule has 0 radical (unpaired) electrons. The Morgan fingerprint density at radius 3 is 1.32 bits per heavy atom. The molecule has 0 saturated carbocycles. The summed E-state index contributed by atoms with van der Waals surface area (Å²) in [7, 11) is 0. The predicted molar refractivity (Wildman–Crippen MR) is 126 cm³/mol. The van der Waals surface area contributed by atoms with E-state index in [0.29, 0.717) is 0 Å². The van der Waals surface area contributed by atoms with Gasteiger partial charge in [-0.25, -0.2) is 0 Å². The fraction of sp³-hybridized carbons (Fsp3) is 0.500. The normalized spacial score (nSPS) is 11.5. The van der Waals surface area contributed by atoms with Crippen molar-refractivity contribution in [2.75, 3.05) is 0 Å². The van der Waals surface area contributed by atoms with E-state index in [4.69, 9.17) is 0 Å². The maximum atomic E-state index is 2.50. The summed E-state index contributed by atoms with van der Waals surface area (Å²) in [5.41, 5.74) is 3.21. The van der Waals surface area contributed by atoms with Gasteiger partial charge in [-0.3, -0.25) is 0 Å². The van der Waals surface area contributed by atoms with Crippen molar-refractivity contribution in [2.24, 2.45) is 0 Å². The lowest BCUT2D eigenvalue weighted by molar-refractivity contribution is 0.621. The summed E-state index contributed by atoms with van der Waals surface area (Å²) >= 11 is 0. The molecule has 3 aromatic rings. The highest BCUT2D eigenvalue weighted by atomic mass is 14.1. The zero-order chi connectivity index (χ0) is 19.6. The molecule has 3 aromatic carbocycles. The van der Waals surface area contributed by atoms with E-state index in [1.54, 1.807) is 11.1 Å². The molecule has 0 unspecified atom stereocenters. The molecule has 0 aliphatic heterocycles. The molecule has 28 heavy (non-hydrogen) atoms. The van der Waals surface area contributed by atoms with E-state index in [9.17, 15) is 0 Å². The Hall–Kier alpha value is -1.82. The van der Waals surface area contributed by atoms with Crippen LogP contribution >= 0.6 is 0 Å². The molecule has 0 N–H and O–H groups in total. The molecule has 150 valence electrons. The van der Waals surface area contributed by atoms with Crippen LogP contribution in [0.15, 0.2) is 48.5 Å². The number of aryl methyl sites for hydroxylation is 2. The Kier molecular flexibility index (Phi) is 8.40. The largest absolute Gasteiger partial charge is 0.0654 e. The molecular weight excluding hydrogens is 336 g/mol. The zero-order valence-electron chi connectivity index (χ0n) is 18.1. The van der Waals surface area contributed by atoms with Crippen molar-refractivity contribution >= 4 is 21.5 Å². The second-order valence-electron chi connectivity index (χ2n) is 8.50. The van der Waals surface area contributed by atoms with Crippen molar-refractivity contribution in [2.45, 2.75) is 90.9 Å². The van der Waals surface area contributed by atoms with Crippen molar-refractivity contribution < 1.29 is 0 Å². The van der Waals surface area contributed by atoms with Crippen LogP contribution in [0, 0.1) is 0 Å². The SMILES string of the molecule is CCCCCCCc1cc2cc3ccccc3cc2cc1CCCCCCC. The van der Waals surface area contributed by atoms with E-state index < -0.39 is 0 Å². The highest BCUT2D eigenvalue weighted by Gasteiger charge is 2.07. The quantitative estimate of drug-likeness (QED) is 0.219. The van der Waals surface area contributed by atoms with Gasteiger partial charge in [0.05, 0.1) is 0 Å². The van der Waals surface area contributed by atoms with Crippen LogP contribution in [0.5, 0.6) is 0 Å². The monoisotopic (exact) mass is 374 g/mol. The number of rotatable bonds is 12. The fourth-order valence-electron chi connectivity index (χ4n) is 4.39. The molecule has 0 heteroatoms. The Labute approximate surface area is 172 Å². The number of benzene rings is 3. The molecule has 0 aliphatic carbocycles. The third kappa shape index (κ3) is 5.84. The van der Waals surface area contributed by atoms with Crippen LogP contribution in [-0.2, 0) is 12.8 Å². The molecule has 0 saturated heterocycles. The van der Waals surface area contributed by atoms with Crippen LogP contribution in [0.1, 0.15) is 89.2 Å². The first kappa shape index (κ1) is 20.9. The van der Waals surface area contributed by atoms with Crippen molar-refractivity contribution in [3.05, 3.63) is 59.7 Å². The molecule has 0 amide bonds. The molecule has 0 bridgehead atoms. The van der Waals surface area contributed by atoms with E-state index in [0.717, 1.165) is 0 Å². The third-order valence-corrected chi connectivity index (χ3v) is 6.12. The Morgan fingerprint density at radius 2 is 0.893 bits per heavy atom. The first-order valence-electron chi connectivity index (χ1n) is 11.8. The minimum atomic E-state index is 1.25. The number of hydrogen-bond donors (Lipinski definition) is 0. The van der Waals surface area contributed by atoms with Crippen LogP contribution < -0.4 is 0 Å². The van der Waals surface area contributed by atoms with E-state index in [1.807, 2.05) is 0 Å². The van der Waals surface area contributed by atoms with Gasteiger partial charge in [0.25, 0.3) is 0 Å². The van der Waals surface area contributed by atoms with E-state index >= 15 is 0 Å². The average molecular weight is 375 g/mol. The summed E-state index contributed by atoms with van der Waals surface area (Å²) < 4.78 is 0. The molecule has 0 fully saturated rings. The van der Waals surface area contributed by atoms with Gasteiger partial charge < -0.3 is 0 Å². The maximum absolute atomic E-state index is 2.50. The van der Waals surface area contributed by atoms with E-state index in [1.165, 1.54) is 98.6 Å². The molecule has 0 spiro atoms. The van der Waals surface area contributed by atoms with Crippen molar-refractivity contribution in [1.82, 2.24) is 0 Å². The predicted octanol–water partition coefficient (Wildman–Crippen LogP) is 9.02. The van der Waals surface area contributed by atoms with Gasteiger partial charge in [0, 0.05) is 0 Å². The van der Waals surface area contributed by atoms with Gasteiger partial charge in [0.2, 0.25) is 0 Å². The summed E-state index contributed by atoms with van der Waals surface area (Å²) in [5.74, 6) is 0. The Bertz CT molecular complexity index is 786. The number of fused-ring (bicyclic) bond motifs is 2. The molecule has 3 rings (SSSR count). The average Bonchev–Trinajstić information content (AvgIpc) is 2.72. The molecule has 0 atom stereocenters. The number of hydrogen-bond acceptors (Lipinski definition) is 0. The Morgan fingerprint density at radius 1 is 0.464 bits per heavy atom. The van der Waals surface area contributed by atoms with Crippen LogP contribution in [0.25, 0.3) is 21.5 Å². The van der Waals surface area contributed by atoms with Crippen molar-refractivity contribution in [3.8, 4) is 0 Å². The highest BCUT2D eigenvalue weighted by molar-refractivity contribution is 5.98. The summed E-state index contributed by atoms with van der Waals surface area (Å²) in [4.78, 5) is 0. The molecular formula is C28H38. The van der Waals surface area contributed by atoms with Crippen LogP contribution in [0.3, 0.4) is 0 Å². The summed E-state index contributed by atoms with van der Waals surface area (Å²) in [6.07, 6.45) is 16.1. The lowest BCUT2D eigenvalue weighted by atomic mass is 9.92. The smallest absolute Gasteiger partial charge is 0.0175 e. The number of unbranched alkanes of at least 4 members (excludes halogenated alkanes) is 8.